The van der Waals surface area contributed by atoms with E-state index >= 15 is 0 Å². The van der Waals surface area contributed by atoms with Crippen molar-refractivity contribution in [2.45, 2.75) is 12.8 Å². The van der Waals surface area contributed by atoms with Crippen LogP contribution in [0.2, 0.25) is 0 Å². The van der Waals surface area contributed by atoms with Gasteiger partial charge in [-0.15, -0.1) is 0 Å². The fraction of sp³-hybridized carbons (Fsp3) is 0.500. The molecule has 1 atom stereocenters. The molecule has 0 spiro atoms. The second kappa shape index (κ2) is 4.33. The summed E-state index contributed by atoms with van der Waals surface area (Å²) in [6, 6.07) is 3.89. The van der Waals surface area contributed by atoms with Crippen LogP contribution in [0.1, 0.15) is 12.8 Å². The van der Waals surface area contributed by atoms with Crippen molar-refractivity contribution in [3.8, 4) is 0 Å². The molecule has 1 saturated heterocycles. The van der Waals surface area contributed by atoms with Gasteiger partial charge in [-0.25, -0.2) is 9.50 Å². The minimum atomic E-state index is 0.269. The predicted molar refractivity (Wildman–Crippen MR) is 65.0 cm³/mol. The SMILES string of the molecule is OCC1CCCN(c2ccn3nccc3n2)C1. The zero-order chi connectivity index (χ0) is 11.7. The Kier molecular flexibility index (Phi) is 2.68. The molecule has 0 aromatic carbocycles. The van der Waals surface area contributed by atoms with Gasteiger partial charge in [0.2, 0.25) is 0 Å². The summed E-state index contributed by atoms with van der Waals surface area (Å²) in [7, 11) is 0. The standard InChI is InChI=1S/C12H16N4O/c17-9-10-2-1-6-15(8-10)11-4-7-16-12(14-11)3-5-13-16/h3-5,7,10,17H,1-2,6,8-9H2. The summed E-state index contributed by atoms with van der Waals surface area (Å²) in [5.74, 6) is 1.36. The molecule has 17 heavy (non-hydrogen) atoms. The molecule has 3 heterocycles. The Morgan fingerprint density at radius 1 is 1.41 bits per heavy atom. The van der Waals surface area contributed by atoms with Crippen LogP contribution < -0.4 is 4.90 Å². The van der Waals surface area contributed by atoms with Gasteiger partial charge in [-0.3, -0.25) is 0 Å². The Hall–Kier alpha value is -1.62. The zero-order valence-corrected chi connectivity index (χ0v) is 9.66. The number of aliphatic hydroxyl groups excluding tert-OH is 1. The lowest BCUT2D eigenvalue weighted by atomic mass is 9.99. The van der Waals surface area contributed by atoms with Crippen LogP contribution in [0.15, 0.2) is 24.5 Å². The molecule has 5 heteroatoms. The Bertz CT molecular complexity index is 510. The van der Waals surface area contributed by atoms with Gasteiger partial charge in [0, 0.05) is 32.0 Å². The van der Waals surface area contributed by atoms with Crippen molar-refractivity contribution in [2.24, 2.45) is 5.92 Å². The van der Waals surface area contributed by atoms with E-state index in [1.54, 1.807) is 10.7 Å². The number of fused-ring (bicyclic) bond motifs is 1. The fourth-order valence-corrected chi connectivity index (χ4v) is 2.40. The van der Waals surface area contributed by atoms with Crippen molar-refractivity contribution < 1.29 is 5.11 Å². The molecule has 0 saturated carbocycles. The van der Waals surface area contributed by atoms with Gasteiger partial charge in [0.05, 0.1) is 6.20 Å². The van der Waals surface area contributed by atoms with E-state index < -0.39 is 0 Å². The molecule has 1 unspecified atom stereocenters. The summed E-state index contributed by atoms with van der Waals surface area (Å²) in [6.07, 6.45) is 5.92. The van der Waals surface area contributed by atoms with Crippen LogP contribution in [0.5, 0.6) is 0 Å². The van der Waals surface area contributed by atoms with Crippen LogP contribution in [-0.2, 0) is 0 Å². The molecule has 2 aromatic heterocycles. The molecule has 1 aliphatic heterocycles. The van der Waals surface area contributed by atoms with E-state index in [0.717, 1.165) is 37.4 Å². The smallest absolute Gasteiger partial charge is 0.157 e. The zero-order valence-electron chi connectivity index (χ0n) is 9.66. The highest BCUT2D eigenvalue weighted by Gasteiger charge is 2.20. The fourth-order valence-electron chi connectivity index (χ4n) is 2.40. The average molecular weight is 232 g/mol. The van der Waals surface area contributed by atoms with Gasteiger partial charge in [-0.05, 0) is 24.8 Å². The first-order valence-corrected chi connectivity index (χ1v) is 6.03. The molecule has 3 rings (SSSR count). The monoisotopic (exact) mass is 232 g/mol. The molecule has 2 aromatic rings. The van der Waals surface area contributed by atoms with Crippen molar-refractivity contribution in [3.63, 3.8) is 0 Å². The van der Waals surface area contributed by atoms with E-state index in [1.807, 2.05) is 18.3 Å². The van der Waals surface area contributed by atoms with Crippen molar-refractivity contribution in [3.05, 3.63) is 24.5 Å². The Balaban J connectivity index is 1.86. The first-order valence-electron chi connectivity index (χ1n) is 6.03. The van der Waals surface area contributed by atoms with Crippen LogP contribution >= 0.6 is 0 Å². The molecule has 0 bridgehead atoms. The molecule has 1 aliphatic rings. The maximum Gasteiger partial charge on any atom is 0.157 e. The number of piperidine rings is 1. The van der Waals surface area contributed by atoms with E-state index in [0.29, 0.717) is 5.92 Å². The third-order valence-electron chi connectivity index (χ3n) is 3.34. The average Bonchev–Trinajstić information content (AvgIpc) is 2.86. The van der Waals surface area contributed by atoms with Crippen LogP contribution in [0.25, 0.3) is 5.65 Å². The molecule has 5 nitrogen and oxygen atoms in total. The Morgan fingerprint density at radius 2 is 2.35 bits per heavy atom. The highest BCUT2D eigenvalue weighted by molar-refractivity contribution is 5.47. The quantitative estimate of drug-likeness (QED) is 0.837. The van der Waals surface area contributed by atoms with Gasteiger partial charge in [0.15, 0.2) is 5.65 Å². The Morgan fingerprint density at radius 3 is 3.24 bits per heavy atom. The summed E-state index contributed by atoms with van der Waals surface area (Å²) in [5, 5.41) is 13.4. The van der Waals surface area contributed by atoms with Crippen LogP contribution in [-0.4, -0.2) is 39.4 Å². The first kappa shape index (κ1) is 10.5. The third-order valence-corrected chi connectivity index (χ3v) is 3.34. The van der Waals surface area contributed by atoms with Crippen molar-refractivity contribution in [1.82, 2.24) is 14.6 Å². The predicted octanol–water partition coefficient (Wildman–Crippen LogP) is 0.938. The maximum absolute atomic E-state index is 9.23. The van der Waals surface area contributed by atoms with Crippen molar-refractivity contribution in [2.75, 3.05) is 24.6 Å². The summed E-state index contributed by atoms with van der Waals surface area (Å²) < 4.78 is 1.76. The second-order valence-corrected chi connectivity index (χ2v) is 4.56. The maximum atomic E-state index is 9.23. The van der Waals surface area contributed by atoms with Gasteiger partial charge >= 0.3 is 0 Å². The number of rotatable bonds is 2. The third kappa shape index (κ3) is 1.98. The van der Waals surface area contributed by atoms with Crippen LogP contribution in [0.4, 0.5) is 5.82 Å². The first-order chi connectivity index (χ1) is 8.36. The lowest BCUT2D eigenvalue weighted by Crippen LogP contribution is -2.37. The summed E-state index contributed by atoms with van der Waals surface area (Å²) >= 11 is 0. The number of hydrogen-bond acceptors (Lipinski definition) is 4. The molecule has 0 radical (unpaired) electrons. The van der Waals surface area contributed by atoms with Gasteiger partial charge in [0.1, 0.15) is 5.82 Å². The van der Waals surface area contributed by atoms with Gasteiger partial charge in [0.25, 0.3) is 0 Å². The highest BCUT2D eigenvalue weighted by Crippen LogP contribution is 2.21. The van der Waals surface area contributed by atoms with Crippen molar-refractivity contribution in [1.29, 1.82) is 0 Å². The topological polar surface area (TPSA) is 53.7 Å². The lowest BCUT2D eigenvalue weighted by Gasteiger charge is -2.32. The van der Waals surface area contributed by atoms with E-state index in [4.69, 9.17) is 0 Å². The van der Waals surface area contributed by atoms with Crippen molar-refractivity contribution >= 4 is 11.5 Å². The summed E-state index contributed by atoms with van der Waals surface area (Å²) in [6.45, 7) is 2.19. The molecule has 1 N–H and O–H groups in total. The van der Waals surface area contributed by atoms with Crippen LogP contribution in [0, 0.1) is 5.92 Å². The summed E-state index contributed by atoms with van der Waals surface area (Å²) in [5.41, 5.74) is 0.869. The van der Waals surface area contributed by atoms with Gasteiger partial charge in [-0.1, -0.05) is 0 Å². The van der Waals surface area contributed by atoms with Gasteiger partial charge in [-0.2, -0.15) is 5.10 Å². The number of aliphatic hydroxyl groups is 1. The number of aromatic nitrogens is 3. The number of anilines is 1. The largest absolute Gasteiger partial charge is 0.396 e. The second-order valence-electron chi connectivity index (χ2n) is 4.56. The van der Waals surface area contributed by atoms with E-state index in [9.17, 15) is 5.11 Å². The molecular weight excluding hydrogens is 216 g/mol. The minimum Gasteiger partial charge on any atom is -0.396 e. The Labute approximate surface area is 99.7 Å². The highest BCUT2D eigenvalue weighted by atomic mass is 16.3. The number of nitrogens with zero attached hydrogens (tertiary/aromatic N) is 4. The normalized spacial score (nSPS) is 21.0. The van der Waals surface area contributed by atoms with E-state index in [1.165, 1.54) is 0 Å². The van der Waals surface area contributed by atoms with E-state index in [2.05, 4.69) is 15.0 Å². The molecule has 90 valence electrons. The molecule has 0 aliphatic carbocycles. The molecular formula is C12H16N4O. The molecule has 0 amide bonds. The van der Waals surface area contributed by atoms with Gasteiger partial charge < -0.3 is 10.0 Å². The molecule has 1 fully saturated rings. The minimum absolute atomic E-state index is 0.269. The van der Waals surface area contributed by atoms with E-state index in [-0.39, 0.29) is 6.61 Å². The number of hydrogen-bond donors (Lipinski definition) is 1. The lowest BCUT2D eigenvalue weighted by molar-refractivity contribution is 0.208. The van der Waals surface area contributed by atoms with Crippen LogP contribution in [0.3, 0.4) is 0 Å². The summed E-state index contributed by atoms with van der Waals surface area (Å²) in [4.78, 5) is 6.82.